The average molecular weight is 247 g/mol. The van der Waals surface area contributed by atoms with Crippen LogP contribution in [0.5, 0.6) is 0 Å². The third-order valence-electron chi connectivity index (χ3n) is 2.37. The first-order valence-electron chi connectivity index (χ1n) is 5.67. The summed E-state index contributed by atoms with van der Waals surface area (Å²) in [6.45, 7) is 0.620. The fourth-order valence-corrected chi connectivity index (χ4v) is 1.75. The molecule has 0 fully saturated rings. The van der Waals surface area contributed by atoms with Gasteiger partial charge in [-0.25, -0.2) is 0 Å². The largest absolute Gasteiger partial charge is 0.355 e. The zero-order valence-corrected chi connectivity index (χ0v) is 10.6. The van der Waals surface area contributed by atoms with Gasteiger partial charge in [0, 0.05) is 13.0 Å². The van der Waals surface area contributed by atoms with Gasteiger partial charge in [0.25, 0.3) is 0 Å². The minimum atomic E-state index is -0.303. The molecule has 0 aliphatic heterocycles. The van der Waals surface area contributed by atoms with Crippen LogP contribution >= 0.6 is 12.6 Å². The number of terminal acetylenes is 1. The molecular weight excluding hydrogens is 230 g/mol. The molecule has 0 heterocycles. The molecule has 0 aliphatic carbocycles. The molecule has 3 heteroatoms. The molecule has 1 aromatic carbocycles. The van der Waals surface area contributed by atoms with Crippen LogP contribution in [0, 0.1) is 12.3 Å². The summed E-state index contributed by atoms with van der Waals surface area (Å²) in [6, 6.07) is 9.86. The third kappa shape index (κ3) is 5.46. The van der Waals surface area contributed by atoms with Crippen LogP contribution in [0.15, 0.2) is 30.3 Å². The Morgan fingerprint density at radius 1 is 1.41 bits per heavy atom. The maximum Gasteiger partial charge on any atom is 0.233 e. The zero-order valence-electron chi connectivity index (χ0n) is 9.73. The van der Waals surface area contributed by atoms with Gasteiger partial charge in [0.1, 0.15) is 0 Å². The number of amides is 1. The fraction of sp³-hybridized carbons (Fsp3) is 0.357. The standard InChI is InChI=1S/C14H17NOS/c1-2-3-7-10-15-14(16)13(17)11-12-8-5-4-6-9-12/h1,4-6,8-9,13,17H,3,7,10-11H2,(H,15,16). The van der Waals surface area contributed by atoms with E-state index in [-0.39, 0.29) is 11.2 Å². The summed E-state index contributed by atoms with van der Waals surface area (Å²) in [4.78, 5) is 11.7. The smallest absolute Gasteiger partial charge is 0.233 e. The van der Waals surface area contributed by atoms with Crippen molar-refractivity contribution in [2.75, 3.05) is 6.54 Å². The number of hydrogen-bond donors (Lipinski definition) is 2. The van der Waals surface area contributed by atoms with Gasteiger partial charge in [-0.15, -0.1) is 12.3 Å². The molecular formula is C14H17NOS. The molecule has 1 amide bonds. The first-order valence-corrected chi connectivity index (χ1v) is 6.19. The van der Waals surface area contributed by atoms with E-state index in [2.05, 4.69) is 23.9 Å². The van der Waals surface area contributed by atoms with Crippen molar-refractivity contribution >= 4 is 18.5 Å². The van der Waals surface area contributed by atoms with E-state index in [1.165, 1.54) is 0 Å². The molecule has 2 nitrogen and oxygen atoms in total. The number of nitrogens with one attached hydrogen (secondary N) is 1. The number of rotatable bonds is 6. The van der Waals surface area contributed by atoms with Crippen molar-refractivity contribution in [2.24, 2.45) is 0 Å². The monoisotopic (exact) mass is 247 g/mol. The summed E-state index contributed by atoms with van der Waals surface area (Å²) in [6.07, 6.45) is 7.28. The van der Waals surface area contributed by atoms with Crippen molar-refractivity contribution in [2.45, 2.75) is 24.5 Å². The van der Waals surface area contributed by atoms with Crippen LogP contribution in [0.1, 0.15) is 18.4 Å². The maximum absolute atomic E-state index is 11.7. The summed E-state index contributed by atoms with van der Waals surface area (Å²) in [7, 11) is 0. The molecule has 0 saturated heterocycles. The van der Waals surface area contributed by atoms with Crippen LogP contribution in [-0.4, -0.2) is 17.7 Å². The van der Waals surface area contributed by atoms with E-state index in [0.29, 0.717) is 19.4 Å². The Morgan fingerprint density at radius 3 is 2.76 bits per heavy atom. The molecule has 1 N–H and O–H groups in total. The Balaban J connectivity index is 2.30. The second-order valence-electron chi connectivity index (χ2n) is 3.80. The normalized spacial score (nSPS) is 11.5. The van der Waals surface area contributed by atoms with Crippen molar-refractivity contribution in [1.82, 2.24) is 5.32 Å². The quantitative estimate of drug-likeness (QED) is 0.450. The van der Waals surface area contributed by atoms with Crippen molar-refractivity contribution in [3.63, 3.8) is 0 Å². The number of carbonyl (C=O) groups is 1. The maximum atomic E-state index is 11.7. The summed E-state index contributed by atoms with van der Waals surface area (Å²) < 4.78 is 0. The van der Waals surface area contributed by atoms with Crippen molar-refractivity contribution < 1.29 is 4.79 Å². The molecule has 0 saturated carbocycles. The zero-order chi connectivity index (χ0) is 12.5. The second-order valence-corrected chi connectivity index (χ2v) is 4.43. The topological polar surface area (TPSA) is 29.1 Å². The SMILES string of the molecule is C#CCCCNC(=O)C(S)Cc1ccccc1. The van der Waals surface area contributed by atoms with Gasteiger partial charge in [-0.05, 0) is 18.4 Å². The van der Waals surface area contributed by atoms with Crippen LogP contribution in [-0.2, 0) is 11.2 Å². The van der Waals surface area contributed by atoms with Gasteiger partial charge in [0.2, 0.25) is 5.91 Å². The number of carbonyl (C=O) groups excluding carboxylic acids is 1. The molecule has 0 aliphatic rings. The second kappa shape index (κ2) is 7.81. The molecule has 0 aromatic heterocycles. The van der Waals surface area contributed by atoms with Gasteiger partial charge < -0.3 is 5.32 Å². The number of unbranched alkanes of at least 4 members (excludes halogenated alkanes) is 1. The molecule has 1 aromatic rings. The number of hydrogen-bond acceptors (Lipinski definition) is 2. The lowest BCUT2D eigenvalue weighted by atomic mass is 10.1. The Hall–Kier alpha value is -1.40. The molecule has 1 rings (SSSR count). The molecule has 17 heavy (non-hydrogen) atoms. The number of thiol groups is 1. The molecule has 0 bridgehead atoms. The molecule has 1 unspecified atom stereocenters. The third-order valence-corrected chi connectivity index (χ3v) is 2.79. The van der Waals surface area contributed by atoms with Gasteiger partial charge in [0.05, 0.1) is 5.25 Å². The highest BCUT2D eigenvalue weighted by atomic mass is 32.1. The van der Waals surface area contributed by atoms with Crippen LogP contribution in [0.3, 0.4) is 0 Å². The lowest BCUT2D eigenvalue weighted by Gasteiger charge is -2.11. The highest BCUT2D eigenvalue weighted by Gasteiger charge is 2.13. The highest BCUT2D eigenvalue weighted by molar-refractivity contribution is 7.81. The van der Waals surface area contributed by atoms with Crippen LogP contribution in [0.2, 0.25) is 0 Å². The van der Waals surface area contributed by atoms with E-state index in [4.69, 9.17) is 6.42 Å². The van der Waals surface area contributed by atoms with Gasteiger partial charge in [-0.3, -0.25) is 4.79 Å². The fourth-order valence-electron chi connectivity index (χ4n) is 1.45. The molecule has 0 spiro atoms. The van der Waals surface area contributed by atoms with Gasteiger partial charge in [-0.2, -0.15) is 12.6 Å². The van der Waals surface area contributed by atoms with E-state index in [9.17, 15) is 4.79 Å². The lowest BCUT2D eigenvalue weighted by molar-refractivity contribution is -0.120. The molecule has 90 valence electrons. The Labute approximate surface area is 108 Å². The molecule has 1 atom stereocenters. The van der Waals surface area contributed by atoms with E-state index in [0.717, 1.165) is 12.0 Å². The Kier molecular flexibility index (Phi) is 6.27. The lowest BCUT2D eigenvalue weighted by Crippen LogP contribution is -2.33. The Bertz CT molecular complexity index is 383. The van der Waals surface area contributed by atoms with Gasteiger partial charge in [0.15, 0.2) is 0 Å². The van der Waals surface area contributed by atoms with Gasteiger partial charge >= 0.3 is 0 Å². The van der Waals surface area contributed by atoms with Crippen molar-refractivity contribution in [1.29, 1.82) is 0 Å². The van der Waals surface area contributed by atoms with Crippen LogP contribution in [0.4, 0.5) is 0 Å². The van der Waals surface area contributed by atoms with Crippen molar-refractivity contribution in [3.05, 3.63) is 35.9 Å². The first kappa shape index (κ1) is 13.7. The van der Waals surface area contributed by atoms with E-state index in [1.807, 2.05) is 30.3 Å². The van der Waals surface area contributed by atoms with E-state index >= 15 is 0 Å². The predicted molar refractivity (Wildman–Crippen MR) is 74.0 cm³/mol. The summed E-state index contributed by atoms with van der Waals surface area (Å²) >= 11 is 4.31. The van der Waals surface area contributed by atoms with Crippen LogP contribution < -0.4 is 5.32 Å². The minimum Gasteiger partial charge on any atom is -0.355 e. The summed E-state index contributed by atoms with van der Waals surface area (Å²) in [5.41, 5.74) is 1.12. The minimum absolute atomic E-state index is 0.0331. The summed E-state index contributed by atoms with van der Waals surface area (Å²) in [5, 5.41) is 2.52. The van der Waals surface area contributed by atoms with Crippen molar-refractivity contribution in [3.8, 4) is 12.3 Å². The van der Waals surface area contributed by atoms with E-state index < -0.39 is 0 Å². The van der Waals surface area contributed by atoms with Gasteiger partial charge in [-0.1, -0.05) is 30.3 Å². The molecule has 0 radical (unpaired) electrons. The highest BCUT2D eigenvalue weighted by Crippen LogP contribution is 2.07. The Morgan fingerprint density at radius 2 is 2.12 bits per heavy atom. The first-order chi connectivity index (χ1) is 8.24. The average Bonchev–Trinajstić information content (AvgIpc) is 2.35. The number of benzene rings is 1. The van der Waals surface area contributed by atoms with E-state index in [1.54, 1.807) is 0 Å². The summed E-state index contributed by atoms with van der Waals surface area (Å²) in [5.74, 6) is 2.51. The van der Waals surface area contributed by atoms with Crippen LogP contribution in [0.25, 0.3) is 0 Å². The predicted octanol–water partition coefficient (Wildman–Crippen LogP) is 2.06.